The van der Waals surface area contributed by atoms with Crippen molar-refractivity contribution < 1.29 is 9.53 Å². The molecule has 0 aliphatic heterocycles. The van der Waals surface area contributed by atoms with Crippen molar-refractivity contribution >= 4 is 28.4 Å². The Balaban J connectivity index is 1.75. The largest absolute Gasteiger partial charge is 0.497 e. The molecule has 0 atom stereocenters. The molecule has 1 amide bonds. The second-order valence-corrected chi connectivity index (χ2v) is 5.92. The van der Waals surface area contributed by atoms with Gasteiger partial charge in [0.1, 0.15) is 18.1 Å². The number of hydrogen-bond donors (Lipinski definition) is 1. The van der Waals surface area contributed by atoms with E-state index < -0.39 is 5.56 Å². The molecule has 1 N–H and O–H groups in total. The van der Waals surface area contributed by atoms with Crippen LogP contribution in [0.25, 0.3) is 16.8 Å². The lowest BCUT2D eigenvalue weighted by molar-refractivity contribution is -0.116. The Morgan fingerprint density at radius 1 is 1.19 bits per heavy atom. The van der Waals surface area contributed by atoms with Crippen LogP contribution < -0.4 is 15.6 Å². The van der Waals surface area contributed by atoms with Crippen molar-refractivity contribution in [2.24, 2.45) is 0 Å². The summed E-state index contributed by atoms with van der Waals surface area (Å²) in [7, 11) is 1.55. The van der Waals surface area contributed by atoms with Gasteiger partial charge in [0.2, 0.25) is 11.6 Å². The van der Waals surface area contributed by atoms with E-state index in [2.05, 4.69) is 20.5 Å². The van der Waals surface area contributed by atoms with Gasteiger partial charge in [0.15, 0.2) is 5.65 Å². The number of nitrogens with one attached hydrogen (secondary N) is 1. The van der Waals surface area contributed by atoms with E-state index >= 15 is 0 Å². The number of hydrogen-bond acceptors (Lipinski definition) is 6. The topological polar surface area (TPSA) is 103 Å². The lowest BCUT2D eigenvalue weighted by Gasteiger charge is -2.12. The fourth-order valence-corrected chi connectivity index (χ4v) is 2.96. The second kappa shape index (κ2) is 6.52. The van der Waals surface area contributed by atoms with Gasteiger partial charge < -0.3 is 10.1 Å². The molecule has 3 aromatic heterocycles. The van der Waals surface area contributed by atoms with Crippen molar-refractivity contribution in [3.05, 3.63) is 58.8 Å². The molecule has 9 heteroatoms. The molecule has 4 rings (SSSR count). The number of pyridine rings is 1. The van der Waals surface area contributed by atoms with Gasteiger partial charge in [-0.05, 0) is 31.2 Å². The van der Waals surface area contributed by atoms with Crippen molar-refractivity contribution in [3.63, 3.8) is 0 Å². The lowest BCUT2D eigenvalue weighted by Crippen LogP contribution is -2.29. The van der Waals surface area contributed by atoms with Crippen molar-refractivity contribution in [1.29, 1.82) is 0 Å². The van der Waals surface area contributed by atoms with Crippen LogP contribution in [0.5, 0.6) is 5.75 Å². The highest BCUT2D eigenvalue weighted by atomic mass is 16.5. The van der Waals surface area contributed by atoms with Gasteiger partial charge in [-0.15, -0.1) is 10.2 Å². The molecule has 4 aromatic rings. The predicted octanol–water partition coefficient (Wildman–Crippen LogP) is 1.39. The van der Waals surface area contributed by atoms with Crippen LogP contribution in [-0.4, -0.2) is 37.2 Å². The van der Waals surface area contributed by atoms with Crippen molar-refractivity contribution in [2.45, 2.75) is 13.5 Å². The van der Waals surface area contributed by atoms with Crippen LogP contribution in [0.1, 0.15) is 5.82 Å². The minimum atomic E-state index is -0.406. The number of aromatic nitrogens is 5. The molecule has 0 spiro atoms. The summed E-state index contributed by atoms with van der Waals surface area (Å²) in [5.74, 6) is 0.829. The molecule has 27 heavy (non-hydrogen) atoms. The van der Waals surface area contributed by atoms with Crippen molar-refractivity contribution in [2.75, 3.05) is 12.4 Å². The summed E-state index contributed by atoms with van der Waals surface area (Å²) in [6.07, 6.45) is 1.62. The maximum Gasteiger partial charge on any atom is 0.297 e. The summed E-state index contributed by atoms with van der Waals surface area (Å²) in [4.78, 5) is 29.7. The van der Waals surface area contributed by atoms with E-state index in [0.29, 0.717) is 28.4 Å². The number of methoxy groups -OCH3 is 1. The Morgan fingerprint density at radius 2 is 2.04 bits per heavy atom. The van der Waals surface area contributed by atoms with Gasteiger partial charge in [-0.2, -0.15) is 0 Å². The number of anilines is 1. The molecule has 0 unspecified atom stereocenters. The van der Waals surface area contributed by atoms with Gasteiger partial charge in [-0.1, -0.05) is 6.07 Å². The molecular weight excluding hydrogens is 348 g/mol. The predicted molar refractivity (Wildman–Crippen MR) is 98.9 cm³/mol. The second-order valence-electron chi connectivity index (χ2n) is 5.92. The number of carbonyl (C=O) groups excluding carboxylic acids is 1. The summed E-state index contributed by atoms with van der Waals surface area (Å²) in [5.41, 5.74) is 1.35. The monoisotopic (exact) mass is 364 g/mol. The quantitative estimate of drug-likeness (QED) is 0.587. The Morgan fingerprint density at radius 3 is 2.85 bits per heavy atom. The van der Waals surface area contributed by atoms with Crippen LogP contribution in [-0.2, 0) is 11.3 Å². The number of benzene rings is 1. The normalized spacial score (nSPS) is 11.0. The van der Waals surface area contributed by atoms with Crippen LogP contribution in [0.15, 0.2) is 47.4 Å². The number of amides is 1. The third-order valence-corrected chi connectivity index (χ3v) is 4.19. The number of fused-ring (bicyclic) bond motifs is 3. The Kier molecular flexibility index (Phi) is 4.03. The summed E-state index contributed by atoms with van der Waals surface area (Å²) in [5, 5.41) is 10.7. The van der Waals surface area contributed by atoms with Gasteiger partial charge in [-0.25, -0.2) is 4.98 Å². The van der Waals surface area contributed by atoms with Gasteiger partial charge in [0, 0.05) is 18.0 Å². The summed E-state index contributed by atoms with van der Waals surface area (Å²) < 4.78 is 8.09. The average molecular weight is 364 g/mol. The zero-order valence-corrected chi connectivity index (χ0v) is 14.7. The number of nitrogens with zero attached hydrogens (tertiary/aromatic N) is 5. The molecule has 0 fully saturated rings. The van der Waals surface area contributed by atoms with E-state index in [9.17, 15) is 9.59 Å². The fourth-order valence-electron chi connectivity index (χ4n) is 2.96. The van der Waals surface area contributed by atoms with Crippen LogP contribution in [0.4, 0.5) is 5.69 Å². The van der Waals surface area contributed by atoms with Gasteiger partial charge in [0.05, 0.1) is 12.6 Å². The maximum atomic E-state index is 12.9. The van der Waals surface area contributed by atoms with E-state index in [0.717, 1.165) is 0 Å². The smallest absolute Gasteiger partial charge is 0.297 e. The molecule has 0 aliphatic carbocycles. The Bertz CT molecular complexity index is 1230. The molecule has 0 aliphatic rings. The third kappa shape index (κ3) is 2.88. The van der Waals surface area contributed by atoms with E-state index in [1.807, 2.05) is 0 Å². The number of rotatable bonds is 4. The minimum absolute atomic E-state index is 0.132. The van der Waals surface area contributed by atoms with Crippen LogP contribution in [0, 0.1) is 6.92 Å². The first-order valence-electron chi connectivity index (χ1n) is 8.21. The molecule has 0 saturated heterocycles. The zero-order chi connectivity index (χ0) is 19.0. The highest BCUT2D eigenvalue weighted by molar-refractivity contribution is 5.91. The molecule has 136 valence electrons. The molecule has 1 aromatic carbocycles. The molecule has 3 heterocycles. The highest BCUT2D eigenvalue weighted by Gasteiger charge is 2.17. The van der Waals surface area contributed by atoms with Crippen molar-refractivity contribution in [3.8, 4) is 5.75 Å². The first-order valence-corrected chi connectivity index (χ1v) is 8.21. The molecule has 0 bridgehead atoms. The number of aryl methyl sites for hydroxylation is 1. The highest BCUT2D eigenvalue weighted by Crippen LogP contribution is 2.17. The van der Waals surface area contributed by atoms with E-state index in [4.69, 9.17) is 4.74 Å². The summed E-state index contributed by atoms with van der Waals surface area (Å²) >= 11 is 0. The van der Waals surface area contributed by atoms with Crippen LogP contribution in [0.3, 0.4) is 0 Å². The zero-order valence-electron chi connectivity index (χ0n) is 14.7. The average Bonchev–Trinajstić information content (AvgIpc) is 3.07. The molecule has 0 radical (unpaired) electrons. The SMILES string of the molecule is COc1cccc(NC(=O)Cn2c(=O)c3nnc(C)n3c3ncccc32)c1. The Hall–Kier alpha value is -3.75. The first-order chi connectivity index (χ1) is 13.1. The van der Waals surface area contributed by atoms with E-state index in [-0.39, 0.29) is 18.1 Å². The van der Waals surface area contributed by atoms with Gasteiger partial charge in [-0.3, -0.25) is 18.6 Å². The Labute approximate surface area is 153 Å². The molecule has 9 nitrogen and oxygen atoms in total. The van der Waals surface area contributed by atoms with Crippen LogP contribution in [0.2, 0.25) is 0 Å². The summed E-state index contributed by atoms with van der Waals surface area (Å²) in [6.45, 7) is 1.56. The minimum Gasteiger partial charge on any atom is -0.497 e. The number of carbonyl (C=O) groups is 1. The van der Waals surface area contributed by atoms with E-state index in [1.165, 1.54) is 4.57 Å². The van der Waals surface area contributed by atoms with Crippen LogP contribution >= 0.6 is 0 Å². The van der Waals surface area contributed by atoms with Gasteiger partial charge >= 0.3 is 0 Å². The summed E-state index contributed by atoms with van der Waals surface area (Å²) in [6, 6.07) is 10.4. The lowest BCUT2D eigenvalue weighted by atomic mass is 10.3. The standard InChI is InChI=1S/C18H16N6O3/c1-11-21-22-17-18(26)23(14-7-4-8-19-16(14)24(11)17)10-15(25)20-12-5-3-6-13(9-12)27-2/h3-9H,10H2,1-2H3,(H,20,25). The van der Waals surface area contributed by atoms with E-state index in [1.54, 1.807) is 61.0 Å². The molecular formula is C18H16N6O3. The van der Waals surface area contributed by atoms with Gasteiger partial charge in [0.25, 0.3) is 5.56 Å². The van der Waals surface area contributed by atoms with Crippen molar-refractivity contribution in [1.82, 2.24) is 24.1 Å². The fraction of sp³-hybridized carbons (Fsp3) is 0.167. The maximum absolute atomic E-state index is 12.9. The third-order valence-electron chi connectivity index (χ3n) is 4.19. The molecule has 0 saturated carbocycles. The first kappa shape index (κ1) is 16.7. The number of ether oxygens (including phenoxy) is 1.